The third-order valence-electron chi connectivity index (χ3n) is 3.67. The largest absolute Gasteiger partial charge is 0.388 e. The van der Waals surface area contributed by atoms with E-state index in [0.717, 1.165) is 26.7 Å². The highest BCUT2D eigenvalue weighted by Crippen LogP contribution is 2.33. The minimum absolute atomic E-state index is 0.104. The summed E-state index contributed by atoms with van der Waals surface area (Å²) in [5.41, 5.74) is 10.2. The zero-order valence-corrected chi connectivity index (χ0v) is 13.4. The van der Waals surface area contributed by atoms with Crippen molar-refractivity contribution in [2.24, 2.45) is 5.73 Å². The van der Waals surface area contributed by atoms with E-state index in [9.17, 15) is 5.11 Å². The molecule has 0 spiro atoms. The first kappa shape index (κ1) is 15.2. The molecule has 0 saturated carbocycles. The topological polar surface area (TPSA) is 46.2 Å². The number of halogens is 1. The third kappa shape index (κ3) is 3.29. The van der Waals surface area contributed by atoms with Gasteiger partial charge in [0, 0.05) is 16.9 Å². The number of nitrogens with two attached hydrogens (primary N) is 1. The van der Waals surface area contributed by atoms with Crippen molar-refractivity contribution in [1.82, 2.24) is 0 Å². The van der Waals surface area contributed by atoms with E-state index in [-0.39, 0.29) is 5.92 Å². The molecule has 3 heteroatoms. The Bertz CT molecular complexity index is 597. The Morgan fingerprint density at radius 2 is 1.90 bits per heavy atom. The normalized spacial score (nSPS) is 14.1. The molecule has 0 radical (unpaired) electrons. The van der Waals surface area contributed by atoms with Gasteiger partial charge in [0.15, 0.2) is 0 Å². The van der Waals surface area contributed by atoms with Crippen LogP contribution in [0.25, 0.3) is 0 Å². The molecule has 0 aliphatic carbocycles. The molecule has 0 aliphatic rings. The lowest BCUT2D eigenvalue weighted by atomic mass is 9.87. The maximum Gasteiger partial charge on any atom is 0.0873 e. The number of aliphatic hydroxyl groups excluding tert-OH is 1. The average molecular weight is 334 g/mol. The van der Waals surface area contributed by atoms with E-state index in [1.165, 1.54) is 0 Å². The molecule has 106 valence electrons. The monoisotopic (exact) mass is 333 g/mol. The van der Waals surface area contributed by atoms with Crippen molar-refractivity contribution >= 4 is 15.9 Å². The summed E-state index contributed by atoms with van der Waals surface area (Å²) >= 11 is 3.47. The van der Waals surface area contributed by atoms with Gasteiger partial charge < -0.3 is 10.8 Å². The van der Waals surface area contributed by atoms with Crippen LogP contribution < -0.4 is 5.73 Å². The molecule has 0 aliphatic heterocycles. The van der Waals surface area contributed by atoms with Crippen LogP contribution in [0.1, 0.15) is 34.3 Å². The molecule has 20 heavy (non-hydrogen) atoms. The van der Waals surface area contributed by atoms with Gasteiger partial charge in [-0.1, -0.05) is 51.8 Å². The summed E-state index contributed by atoms with van der Waals surface area (Å²) in [5.74, 6) is -0.104. The molecule has 0 amide bonds. The molecule has 0 aromatic heterocycles. The van der Waals surface area contributed by atoms with Crippen LogP contribution in [0.15, 0.2) is 46.9 Å². The Labute approximate surface area is 128 Å². The van der Waals surface area contributed by atoms with Crippen molar-refractivity contribution in [1.29, 1.82) is 0 Å². The quantitative estimate of drug-likeness (QED) is 0.892. The van der Waals surface area contributed by atoms with Gasteiger partial charge in [-0.2, -0.15) is 0 Å². The van der Waals surface area contributed by atoms with Gasteiger partial charge in [-0.3, -0.25) is 0 Å². The van der Waals surface area contributed by atoms with Crippen LogP contribution >= 0.6 is 15.9 Å². The van der Waals surface area contributed by atoms with Crippen molar-refractivity contribution in [3.05, 3.63) is 69.2 Å². The van der Waals surface area contributed by atoms with Gasteiger partial charge in [0.25, 0.3) is 0 Å². The van der Waals surface area contributed by atoms with Gasteiger partial charge in [0.2, 0.25) is 0 Å². The summed E-state index contributed by atoms with van der Waals surface area (Å²) in [5, 5.41) is 10.7. The van der Waals surface area contributed by atoms with Crippen LogP contribution in [-0.4, -0.2) is 11.7 Å². The first-order chi connectivity index (χ1) is 9.52. The van der Waals surface area contributed by atoms with Gasteiger partial charge in [-0.25, -0.2) is 0 Å². The van der Waals surface area contributed by atoms with Crippen molar-refractivity contribution in [3.63, 3.8) is 0 Å². The highest BCUT2D eigenvalue weighted by Gasteiger charge is 2.23. The molecule has 0 saturated heterocycles. The Morgan fingerprint density at radius 3 is 2.55 bits per heavy atom. The molecule has 2 rings (SSSR count). The van der Waals surface area contributed by atoms with Gasteiger partial charge in [0.05, 0.1) is 6.10 Å². The number of hydrogen-bond acceptors (Lipinski definition) is 2. The predicted molar refractivity (Wildman–Crippen MR) is 86.8 cm³/mol. The van der Waals surface area contributed by atoms with E-state index >= 15 is 0 Å². The molecule has 0 heterocycles. The summed E-state index contributed by atoms with van der Waals surface area (Å²) in [6.07, 6.45) is -0.589. The standard InChI is InChI=1S/C17H20BrNO/c1-11-6-7-12(2)15(8-11)17(20)16(10-19)13-4-3-5-14(18)9-13/h3-9,16-17,20H,10,19H2,1-2H3. The van der Waals surface area contributed by atoms with Crippen LogP contribution in [-0.2, 0) is 0 Å². The second-order valence-electron chi connectivity index (χ2n) is 5.20. The molecule has 2 nitrogen and oxygen atoms in total. The zero-order valence-electron chi connectivity index (χ0n) is 11.8. The van der Waals surface area contributed by atoms with Crippen molar-refractivity contribution in [3.8, 4) is 0 Å². The smallest absolute Gasteiger partial charge is 0.0873 e. The van der Waals surface area contributed by atoms with E-state index in [1.54, 1.807) is 0 Å². The second-order valence-corrected chi connectivity index (χ2v) is 6.12. The van der Waals surface area contributed by atoms with Crippen molar-refractivity contribution in [2.45, 2.75) is 25.9 Å². The fourth-order valence-corrected chi connectivity index (χ4v) is 2.90. The Morgan fingerprint density at radius 1 is 1.15 bits per heavy atom. The average Bonchev–Trinajstić information content (AvgIpc) is 2.42. The number of rotatable bonds is 4. The number of hydrogen-bond donors (Lipinski definition) is 2. The van der Waals surface area contributed by atoms with E-state index in [2.05, 4.69) is 22.0 Å². The number of aliphatic hydroxyl groups is 1. The van der Waals surface area contributed by atoms with Crippen LogP contribution in [0, 0.1) is 13.8 Å². The Balaban J connectivity index is 2.38. The summed E-state index contributed by atoms with van der Waals surface area (Å²) < 4.78 is 1.00. The highest BCUT2D eigenvalue weighted by atomic mass is 79.9. The van der Waals surface area contributed by atoms with Gasteiger partial charge >= 0.3 is 0 Å². The predicted octanol–water partition coefficient (Wildman–Crippen LogP) is 3.84. The van der Waals surface area contributed by atoms with E-state index < -0.39 is 6.10 Å². The minimum Gasteiger partial charge on any atom is -0.388 e. The minimum atomic E-state index is -0.589. The summed E-state index contributed by atoms with van der Waals surface area (Å²) in [6.45, 7) is 4.46. The lowest BCUT2D eigenvalue weighted by Gasteiger charge is -2.24. The van der Waals surface area contributed by atoms with Gasteiger partial charge in [0.1, 0.15) is 0 Å². The van der Waals surface area contributed by atoms with E-state index in [4.69, 9.17) is 5.73 Å². The number of aryl methyl sites for hydroxylation is 2. The van der Waals surface area contributed by atoms with Crippen LogP contribution in [0.2, 0.25) is 0 Å². The van der Waals surface area contributed by atoms with Crippen molar-refractivity contribution in [2.75, 3.05) is 6.54 Å². The van der Waals surface area contributed by atoms with E-state index in [0.29, 0.717) is 6.54 Å². The molecule has 2 unspecified atom stereocenters. The molecule has 2 aromatic carbocycles. The Kier molecular flexibility index (Phi) is 4.97. The lowest BCUT2D eigenvalue weighted by Crippen LogP contribution is -2.21. The van der Waals surface area contributed by atoms with Crippen LogP contribution in [0.4, 0.5) is 0 Å². The fourth-order valence-electron chi connectivity index (χ4n) is 2.48. The molecule has 3 N–H and O–H groups in total. The maximum atomic E-state index is 10.7. The molecule has 0 fully saturated rings. The molecule has 2 aromatic rings. The third-order valence-corrected chi connectivity index (χ3v) is 4.16. The lowest BCUT2D eigenvalue weighted by molar-refractivity contribution is 0.146. The summed E-state index contributed by atoms with van der Waals surface area (Å²) in [6, 6.07) is 14.1. The molecular formula is C17H20BrNO. The van der Waals surface area contributed by atoms with Gasteiger partial charge in [-0.05, 0) is 42.7 Å². The molecule has 0 bridgehead atoms. The van der Waals surface area contributed by atoms with Gasteiger partial charge in [-0.15, -0.1) is 0 Å². The first-order valence-corrected chi connectivity index (χ1v) is 7.53. The van der Waals surface area contributed by atoms with Crippen LogP contribution in [0.3, 0.4) is 0 Å². The second kappa shape index (κ2) is 6.53. The van der Waals surface area contributed by atoms with Crippen LogP contribution in [0.5, 0.6) is 0 Å². The summed E-state index contributed by atoms with van der Waals surface area (Å²) in [7, 11) is 0. The first-order valence-electron chi connectivity index (χ1n) is 6.73. The fraction of sp³-hybridized carbons (Fsp3) is 0.294. The highest BCUT2D eigenvalue weighted by molar-refractivity contribution is 9.10. The van der Waals surface area contributed by atoms with E-state index in [1.807, 2.05) is 50.2 Å². The molecule has 2 atom stereocenters. The SMILES string of the molecule is Cc1ccc(C)c(C(O)C(CN)c2cccc(Br)c2)c1. The zero-order chi connectivity index (χ0) is 14.7. The maximum absolute atomic E-state index is 10.7. The Hall–Kier alpha value is -1.16. The van der Waals surface area contributed by atoms with Crippen molar-refractivity contribution < 1.29 is 5.11 Å². The number of benzene rings is 2. The molecular weight excluding hydrogens is 314 g/mol. The summed E-state index contributed by atoms with van der Waals surface area (Å²) in [4.78, 5) is 0.